The topological polar surface area (TPSA) is 38.8 Å². The molecule has 0 radical (unpaired) electrons. The quantitative estimate of drug-likeness (QED) is 0.796. The molecular formula is C16H23NO3. The molecule has 1 aliphatic rings. The zero-order valence-corrected chi connectivity index (χ0v) is 12.9. The van der Waals surface area contributed by atoms with Crippen molar-refractivity contribution in [2.24, 2.45) is 0 Å². The second kappa shape index (κ2) is 5.44. The molecule has 1 aromatic carbocycles. The molecule has 110 valence electrons. The Balaban J connectivity index is 2.44. The molecule has 0 aliphatic carbocycles. The lowest BCUT2D eigenvalue weighted by Crippen LogP contribution is -2.52. The van der Waals surface area contributed by atoms with Gasteiger partial charge in [0.1, 0.15) is 5.75 Å². The fourth-order valence-electron chi connectivity index (χ4n) is 2.94. The normalized spacial score (nSPS) is 21.6. The van der Waals surface area contributed by atoms with E-state index < -0.39 is 0 Å². The van der Waals surface area contributed by atoms with E-state index >= 15 is 0 Å². The Morgan fingerprint density at radius 2 is 2.15 bits per heavy atom. The first kappa shape index (κ1) is 14.9. The van der Waals surface area contributed by atoms with Crippen LogP contribution in [0.4, 0.5) is 5.69 Å². The maximum Gasteiger partial charge on any atom is 0.165 e. The summed E-state index contributed by atoms with van der Waals surface area (Å²) in [5, 5.41) is 0. The number of rotatable bonds is 3. The predicted octanol–water partition coefficient (Wildman–Crippen LogP) is 2.90. The van der Waals surface area contributed by atoms with E-state index in [0.29, 0.717) is 11.3 Å². The van der Waals surface area contributed by atoms with Crippen LogP contribution < -0.4 is 9.64 Å². The van der Waals surface area contributed by atoms with Crippen molar-refractivity contribution in [3.63, 3.8) is 0 Å². The maximum absolute atomic E-state index is 12.0. The van der Waals surface area contributed by atoms with Gasteiger partial charge in [0.05, 0.1) is 30.1 Å². The van der Waals surface area contributed by atoms with Crippen LogP contribution in [0.5, 0.6) is 5.75 Å². The third-order valence-corrected chi connectivity index (χ3v) is 3.49. The molecule has 0 amide bonds. The van der Waals surface area contributed by atoms with Gasteiger partial charge in [-0.2, -0.15) is 0 Å². The molecule has 0 saturated carbocycles. The zero-order valence-electron chi connectivity index (χ0n) is 12.9. The van der Waals surface area contributed by atoms with Gasteiger partial charge < -0.3 is 14.4 Å². The third-order valence-electron chi connectivity index (χ3n) is 3.49. The number of methoxy groups -OCH3 is 1. The minimum Gasteiger partial charge on any atom is -0.496 e. The van der Waals surface area contributed by atoms with E-state index in [4.69, 9.17) is 9.47 Å². The van der Waals surface area contributed by atoms with Crippen molar-refractivity contribution in [1.82, 2.24) is 0 Å². The second-order valence-electron chi connectivity index (χ2n) is 5.98. The van der Waals surface area contributed by atoms with Gasteiger partial charge in [0.2, 0.25) is 0 Å². The second-order valence-corrected chi connectivity index (χ2v) is 5.98. The van der Waals surface area contributed by atoms with Crippen molar-refractivity contribution in [3.05, 3.63) is 23.8 Å². The van der Waals surface area contributed by atoms with Crippen LogP contribution in [0.3, 0.4) is 0 Å². The van der Waals surface area contributed by atoms with Crippen LogP contribution in [0.2, 0.25) is 0 Å². The van der Waals surface area contributed by atoms with Gasteiger partial charge in [0.15, 0.2) is 5.78 Å². The molecule has 1 atom stereocenters. The molecule has 0 spiro atoms. The molecule has 20 heavy (non-hydrogen) atoms. The fraction of sp³-hybridized carbons (Fsp3) is 0.562. The lowest BCUT2D eigenvalue weighted by Gasteiger charge is -2.43. The predicted molar refractivity (Wildman–Crippen MR) is 79.8 cm³/mol. The largest absolute Gasteiger partial charge is 0.496 e. The molecule has 0 aromatic heterocycles. The first-order valence-electron chi connectivity index (χ1n) is 6.95. The highest BCUT2D eigenvalue weighted by Gasteiger charge is 2.33. The number of nitrogens with zero attached hydrogens (tertiary/aromatic N) is 1. The van der Waals surface area contributed by atoms with Gasteiger partial charge in [-0.15, -0.1) is 0 Å². The van der Waals surface area contributed by atoms with Crippen molar-refractivity contribution in [2.75, 3.05) is 25.1 Å². The number of carbonyl (C=O) groups is 1. The smallest absolute Gasteiger partial charge is 0.165 e. The molecule has 1 unspecified atom stereocenters. The zero-order chi connectivity index (χ0) is 14.9. The summed E-state index contributed by atoms with van der Waals surface area (Å²) in [6.07, 6.45) is 0.129. The minimum atomic E-state index is -0.227. The first-order valence-corrected chi connectivity index (χ1v) is 6.95. The molecular weight excluding hydrogens is 254 g/mol. The van der Waals surface area contributed by atoms with E-state index in [1.807, 2.05) is 18.2 Å². The first-order chi connectivity index (χ1) is 9.34. The van der Waals surface area contributed by atoms with E-state index in [1.54, 1.807) is 14.0 Å². The summed E-state index contributed by atoms with van der Waals surface area (Å²) in [6, 6.07) is 5.73. The summed E-state index contributed by atoms with van der Waals surface area (Å²) >= 11 is 0. The van der Waals surface area contributed by atoms with Crippen LogP contribution in [0.1, 0.15) is 38.1 Å². The van der Waals surface area contributed by atoms with Crippen molar-refractivity contribution >= 4 is 11.5 Å². The number of Topliss-reactive ketones (excluding diaryl/α,β-unsaturated/α-hetero) is 1. The Bertz CT molecular complexity index is 510. The molecule has 1 heterocycles. The molecule has 4 nitrogen and oxygen atoms in total. The molecule has 0 N–H and O–H groups in total. The van der Waals surface area contributed by atoms with Gasteiger partial charge in [-0.05, 0) is 39.8 Å². The monoisotopic (exact) mass is 277 g/mol. The number of carbonyl (C=O) groups excluding carboxylic acids is 1. The van der Waals surface area contributed by atoms with Gasteiger partial charge in [0.25, 0.3) is 0 Å². The molecule has 1 fully saturated rings. The highest BCUT2D eigenvalue weighted by molar-refractivity contribution is 6.02. The van der Waals surface area contributed by atoms with E-state index in [0.717, 1.165) is 18.8 Å². The number of ether oxygens (including phenoxy) is 2. The summed E-state index contributed by atoms with van der Waals surface area (Å²) in [5.74, 6) is 0.654. The number of benzene rings is 1. The number of hydrogen-bond donors (Lipinski definition) is 0. The minimum absolute atomic E-state index is 0.0226. The van der Waals surface area contributed by atoms with Crippen LogP contribution in [-0.2, 0) is 4.74 Å². The lowest BCUT2D eigenvalue weighted by molar-refractivity contribution is -0.0750. The van der Waals surface area contributed by atoms with E-state index in [1.165, 1.54) is 0 Å². The van der Waals surface area contributed by atoms with Crippen LogP contribution >= 0.6 is 0 Å². The number of anilines is 1. The third kappa shape index (κ3) is 2.96. The Labute approximate surface area is 120 Å². The Morgan fingerprint density at radius 3 is 2.70 bits per heavy atom. The van der Waals surface area contributed by atoms with Crippen molar-refractivity contribution in [2.45, 2.75) is 39.4 Å². The van der Waals surface area contributed by atoms with Crippen molar-refractivity contribution in [3.8, 4) is 5.75 Å². The van der Waals surface area contributed by atoms with Gasteiger partial charge in [-0.25, -0.2) is 0 Å². The Kier molecular flexibility index (Phi) is 4.04. The summed E-state index contributed by atoms with van der Waals surface area (Å²) in [5.41, 5.74) is 1.36. The SMILES string of the molecule is COc1cccc(N2CC(C)OC(C)(C)C2)c1C(C)=O. The van der Waals surface area contributed by atoms with Crippen LogP contribution in [0.15, 0.2) is 18.2 Å². The van der Waals surface area contributed by atoms with Crippen molar-refractivity contribution < 1.29 is 14.3 Å². The molecule has 1 aromatic rings. The molecule has 1 saturated heterocycles. The average Bonchev–Trinajstić information content (AvgIpc) is 2.35. The highest BCUT2D eigenvalue weighted by Crippen LogP contribution is 2.33. The van der Waals surface area contributed by atoms with Gasteiger partial charge in [-0.3, -0.25) is 4.79 Å². The standard InChI is InChI=1S/C16H23NO3/c1-11-9-17(10-16(3,4)20-11)13-7-6-8-14(19-5)15(13)12(2)18/h6-8,11H,9-10H2,1-5H3. The van der Waals surface area contributed by atoms with Crippen molar-refractivity contribution in [1.29, 1.82) is 0 Å². The maximum atomic E-state index is 12.0. The van der Waals surface area contributed by atoms with Crippen LogP contribution in [-0.4, -0.2) is 37.7 Å². The number of hydrogen-bond acceptors (Lipinski definition) is 4. The molecule has 1 aliphatic heterocycles. The number of morpholine rings is 1. The molecule has 2 rings (SSSR count). The molecule has 4 heteroatoms. The Morgan fingerprint density at radius 1 is 1.45 bits per heavy atom. The Hall–Kier alpha value is -1.55. The average molecular weight is 277 g/mol. The highest BCUT2D eigenvalue weighted by atomic mass is 16.5. The molecule has 0 bridgehead atoms. The summed E-state index contributed by atoms with van der Waals surface area (Å²) < 4.78 is 11.3. The van der Waals surface area contributed by atoms with E-state index in [2.05, 4.69) is 25.7 Å². The van der Waals surface area contributed by atoms with Crippen LogP contribution in [0, 0.1) is 0 Å². The van der Waals surface area contributed by atoms with E-state index in [-0.39, 0.29) is 17.5 Å². The van der Waals surface area contributed by atoms with E-state index in [9.17, 15) is 4.79 Å². The summed E-state index contributed by atoms with van der Waals surface area (Å²) in [6.45, 7) is 9.31. The van der Waals surface area contributed by atoms with Gasteiger partial charge in [0, 0.05) is 13.1 Å². The van der Waals surface area contributed by atoms with Gasteiger partial charge in [-0.1, -0.05) is 6.07 Å². The fourth-order valence-corrected chi connectivity index (χ4v) is 2.94. The van der Waals surface area contributed by atoms with Crippen LogP contribution in [0.25, 0.3) is 0 Å². The summed E-state index contributed by atoms with van der Waals surface area (Å²) in [7, 11) is 1.59. The lowest BCUT2D eigenvalue weighted by atomic mass is 10.0. The number of ketones is 1. The van der Waals surface area contributed by atoms with Gasteiger partial charge >= 0.3 is 0 Å². The summed E-state index contributed by atoms with van der Waals surface area (Å²) in [4.78, 5) is 14.2.